The van der Waals surface area contributed by atoms with Crippen LogP contribution in [0.2, 0.25) is 0 Å². The number of nitrogens with one attached hydrogen (secondary N) is 2. The molecule has 0 radical (unpaired) electrons. The van der Waals surface area contributed by atoms with Gasteiger partial charge < -0.3 is 19.3 Å². The third kappa shape index (κ3) is 3.57. The Morgan fingerprint density at radius 2 is 2.39 bits per heavy atom. The maximum atomic E-state index is 12.1. The molecule has 2 N–H and O–H groups in total. The van der Waals surface area contributed by atoms with E-state index in [2.05, 4.69) is 25.9 Å². The highest BCUT2D eigenvalue weighted by Crippen LogP contribution is 2.18. The summed E-state index contributed by atoms with van der Waals surface area (Å²) >= 11 is 0. The summed E-state index contributed by atoms with van der Waals surface area (Å²) < 4.78 is 16.6. The number of amides is 1. The average Bonchev–Trinajstić information content (AvgIpc) is 3.18. The van der Waals surface area contributed by atoms with E-state index in [0.29, 0.717) is 26.2 Å². The van der Waals surface area contributed by atoms with Crippen molar-refractivity contribution in [2.75, 3.05) is 13.2 Å². The Bertz CT molecular complexity index is 635. The first-order valence-corrected chi connectivity index (χ1v) is 7.43. The molecule has 9 heteroatoms. The lowest BCUT2D eigenvalue weighted by atomic mass is 10.1. The summed E-state index contributed by atoms with van der Waals surface area (Å²) in [5, 5.41) is 16.6. The lowest BCUT2D eigenvalue weighted by Crippen LogP contribution is -2.50. The molecule has 0 bridgehead atoms. The lowest BCUT2D eigenvalue weighted by Gasteiger charge is -2.31. The Labute approximate surface area is 132 Å². The SMILES string of the molecule is Cc1noc(C)c1CO[C@H]1CCOC[C@H]1NC(=O)c1cn[nH]n1. The van der Waals surface area contributed by atoms with Crippen molar-refractivity contribution >= 4 is 5.91 Å². The van der Waals surface area contributed by atoms with Gasteiger partial charge in [0.1, 0.15) is 5.76 Å². The largest absolute Gasteiger partial charge is 0.379 e. The number of aromatic nitrogens is 4. The van der Waals surface area contributed by atoms with Gasteiger partial charge in [-0.2, -0.15) is 15.4 Å². The average molecular weight is 321 g/mol. The Hall–Kier alpha value is -2.26. The molecule has 23 heavy (non-hydrogen) atoms. The van der Waals surface area contributed by atoms with E-state index in [-0.39, 0.29) is 23.7 Å². The molecule has 0 unspecified atom stereocenters. The summed E-state index contributed by atoms with van der Waals surface area (Å²) in [6.45, 7) is 5.12. The zero-order valence-electron chi connectivity index (χ0n) is 13.0. The van der Waals surface area contributed by atoms with Crippen molar-refractivity contribution in [1.29, 1.82) is 0 Å². The molecule has 2 aromatic heterocycles. The standard InChI is InChI=1S/C14H19N5O4/c1-8-10(9(2)23-18-8)6-22-13-3-4-21-7-12(13)16-14(20)11-5-15-19-17-11/h5,12-13H,3-4,6-7H2,1-2H3,(H,16,20)(H,15,17,19)/t12-,13+/m1/s1. The highest BCUT2D eigenvalue weighted by atomic mass is 16.5. The second kappa shape index (κ2) is 6.88. The van der Waals surface area contributed by atoms with Crippen LogP contribution in [-0.2, 0) is 16.1 Å². The van der Waals surface area contributed by atoms with Crippen LogP contribution >= 0.6 is 0 Å². The number of hydrogen-bond acceptors (Lipinski definition) is 7. The first-order chi connectivity index (χ1) is 11.1. The topological polar surface area (TPSA) is 115 Å². The van der Waals surface area contributed by atoms with Gasteiger partial charge in [-0.25, -0.2) is 0 Å². The fraction of sp³-hybridized carbons (Fsp3) is 0.571. The monoisotopic (exact) mass is 321 g/mol. The van der Waals surface area contributed by atoms with E-state index < -0.39 is 0 Å². The van der Waals surface area contributed by atoms with E-state index in [4.69, 9.17) is 14.0 Å². The number of aromatic amines is 1. The molecule has 1 amide bonds. The maximum absolute atomic E-state index is 12.1. The number of carbonyl (C=O) groups excluding carboxylic acids is 1. The van der Waals surface area contributed by atoms with E-state index in [9.17, 15) is 4.79 Å². The molecular weight excluding hydrogens is 302 g/mol. The number of carbonyl (C=O) groups is 1. The van der Waals surface area contributed by atoms with Crippen molar-refractivity contribution in [3.05, 3.63) is 28.9 Å². The van der Waals surface area contributed by atoms with Crippen LogP contribution in [0.4, 0.5) is 0 Å². The molecular formula is C14H19N5O4. The summed E-state index contributed by atoms with van der Waals surface area (Å²) in [6, 6.07) is -0.242. The lowest BCUT2D eigenvalue weighted by molar-refractivity contribution is -0.0608. The van der Waals surface area contributed by atoms with Crippen LogP contribution in [0.15, 0.2) is 10.7 Å². The third-order valence-corrected chi connectivity index (χ3v) is 3.88. The smallest absolute Gasteiger partial charge is 0.273 e. The van der Waals surface area contributed by atoms with Gasteiger partial charge in [-0.1, -0.05) is 5.16 Å². The van der Waals surface area contributed by atoms with Crippen molar-refractivity contribution in [2.24, 2.45) is 0 Å². The van der Waals surface area contributed by atoms with E-state index >= 15 is 0 Å². The molecule has 1 fully saturated rings. The number of H-pyrrole nitrogens is 1. The highest BCUT2D eigenvalue weighted by Gasteiger charge is 2.29. The summed E-state index contributed by atoms with van der Waals surface area (Å²) in [6.07, 6.45) is 1.93. The highest BCUT2D eigenvalue weighted by molar-refractivity contribution is 5.92. The number of nitrogens with zero attached hydrogens (tertiary/aromatic N) is 3. The van der Waals surface area contributed by atoms with Crippen molar-refractivity contribution < 1.29 is 18.8 Å². The van der Waals surface area contributed by atoms with Crippen LogP contribution in [0.5, 0.6) is 0 Å². The maximum Gasteiger partial charge on any atom is 0.273 e. The number of ether oxygens (including phenoxy) is 2. The van der Waals surface area contributed by atoms with Gasteiger partial charge in [0, 0.05) is 12.2 Å². The van der Waals surface area contributed by atoms with Gasteiger partial charge in [0.2, 0.25) is 0 Å². The van der Waals surface area contributed by atoms with E-state index in [1.54, 1.807) is 0 Å². The second-order valence-corrected chi connectivity index (χ2v) is 5.45. The number of aryl methyl sites for hydroxylation is 2. The molecule has 2 atom stereocenters. The molecule has 3 rings (SSSR count). The first kappa shape index (κ1) is 15.6. The molecule has 1 saturated heterocycles. The van der Waals surface area contributed by atoms with Crippen molar-refractivity contribution in [2.45, 2.75) is 39.0 Å². The fourth-order valence-electron chi connectivity index (χ4n) is 2.50. The van der Waals surface area contributed by atoms with Gasteiger partial charge in [0.25, 0.3) is 5.91 Å². The predicted octanol–water partition coefficient (Wildman–Crippen LogP) is 0.514. The second-order valence-electron chi connectivity index (χ2n) is 5.45. The zero-order valence-corrected chi connectivity index (χ0v) is 13.0. The summed E-state index contributed by atoms with van der Waals surface area (Å²) in [5.74, 6) is 0.443. The van der Waals surface area contributed by atoms with Crippen LogP contribution in [0, 0.1) is 13.8 Å². The molecule has 0 spiro atoms. The van der Waals surface area contributed by atoms with Gasteiger partial charge in [-0.3, -0.25) is 4.79 Å². The summed E-state index contributed by atoms with van der Waals surface area (Å²) in [4.78, 5) is 12.1. The first-order valence-electron chi connectivity index (χ1n) is 7.43. The Balaban J connectivity index is 1.61. The molecule has 3 heterocycles. The minimum Gasteiger partial charge on any atom is -0.379 e. The molecule has 9 nitrogen and oxygen atoms in total. The summed E-state index contributed by atoms with van der Waals surface area (Å²) in [7, 11) is 0. The molecule has 124 valence electrons. The molecule has 1 aliphatic rings. The van der Waals surface area contributed by atoms with Gasteiger partial charge in [0.15, 0.2) is 5.69 Å². The van der Waals surface area contributed by atoms with E-state index in [1.165, 1.54) is 6.20 Å². The van der Waals surface area contributed by atoms with Crippen LogP contribution < -0.4 is 5.32 Å². The van der Waals surface area contributed by atoms with Crippen molar-refractivity contribution in [1.82, 2.24) is 25.9 Å². The fourth-order valence-corrected chi connectivity index (χ4v) is 2.50. The van der Waals surface area contributed by atoms with E-state index in [0.717, 1.165) is 17.0 Å². The number of hydrogen-bond donors (Lipinski definition) is 2. The Kier molecular flexibility index (Phi) is 4.68. The van der Waals surface area contributed by atoms with Gasteiger partial charge in [-0.15, -0.1) is 0 Å². The van der Waals surface area contributed by atoms with Gasteiger partial charge in [0.05, 0.1) is 37.3 Å². The number of rotatable bonds is 5. The normalized spacial score (nSPS) is 21.3. The zero-order chi connectivity index (χ0) is 16.2. The van der Waals surface area contributed by atoms with E-state index in [1.807, 2.05) is 13.8 Å². The molecule has 0 saturated carbocycles. The van der Waals surface area contributed by atoms with Crippen LogP contribution in [0.3, 0.4) is 0 Å². The van der Waals surface area contributed by atoms with Crippen LogP contribution in [0.1, 0.15) is 33.9 Å². The molecule has 1 aliphatic heterocycles. The molecule has 2 aromatic rings. The van der Waals surface area contributed by atoms with Gasteiger partial charge in [-0.05, 0) is 20.3 Å². The van der Waals surface area contributed by atoms with Gasteiger partial charge >= 0.3 is 0 Å². The Morgan fingerprint density at radius 1 is 1.52 bits per heavy atom. The summed E-state index contributed by atoms with van der Waals surface area (Å²) in [5.41, 5.74) is 2.00. The third-order valence-electron chi connectivity index (χ3n) is 3.88. The Morgan fingerprint density at radius 3 is 3.09 bits per heavy atom. The molecule has 0 aromatic carbocycles. The van der Waals surface area contributed by atoms with Crippen molar-refractivity contribution in [3.63, 3.8) is 0 Å². The quantitative estimate of drug-likeness (QED) is 0.824. The van der Waals surface area contributed by atoms with Crippen LogP contribution in [-0.4, -0.2) is 51.8 Å². The minimum absolute atomic E-state index is 0.145. The van der Waals surface area contributed by atoms with Crippen LogP contribution in [0.25, 0.3) is 0 Å². The minimum atomic E-state index is -0.305. The molecule has 0 aliphatic carbocycles. The van der Waals surface area contributed by atoms with Crippen molar-refractivity contribution in [3.8, 4) is 0 Å². The predicted molar refractivity (Wildman–Crippen MR) is 77.6 cm³/mol.